The van der Waals surface area contributed by atoms with E-state index in [9.17, 15) is 0 Å². The zero-order valence-electron chi connectivity index (χ0n) is 8.63. The van der Waals surface area contributed by atoms with Gasteiger partial charge < -0.3 is 9.56 Å². The number of hydrogen-bond acceptors (Lipinski definition) is 3. The van der Waals surface area contributed by atoms with Crippen LogP contribution in [0.5, 0.6) is 0 Å². The van der Waals surface area contributed by atoms with Gasteiger partial charge in [-0.15, -0.1) is 0 Å². The van der Waals surface area contributed by atoms with E-state index in [-0.39, 0.29) is 0 Å². The Kier molecular flexibility index (Phi) is 3.07. The van der Waals surface area contributed by atoms with E-state index in [1.165, 1.54) is 0 Å². The number of aryl methyl sites for hydroxylation is 1. The van der Waals surface area contributed by atoms with Crippen LogP contribution in [0.25, 0.3) is 11.2 Å². The lowest BCUT2D eigenvalue weighted by Crippen LogP contribution is -1.96. The van der Waals surface area contributed by atoms with Gasteiger partial charge in [0.25, 0.3) is 0 Å². The predicted octanol–water partition coefficient (Wildman–Crippen LogP) is 1.91. The molecule has 0 aromatic carbocycles. The molecule has 15 heavy (non-hydrogen) atoms. The van der Waals surface area contributed by atoms with Crippen molar-refractivity contribution < 1.29 is 0 Å². The molecule has 0 saturated heterocycles. The number of aliphatic imine (C=N–C) groups is 1. The van der Waals surface area contributed by atoms with Gasteiger partial charge in [0.15, 0.2) is 5.65 Å². The van der Waals surface area contributed by atoms with Gasteiger partial charge in [0.05, 0.1) is 11.8 Å². The fraction of sp³-hybridized carbons (Fsp3) is 0.364. The van der Waals surface area contributed by atoms with Gasteiger partial charge in [0, 0.05) is 19.3 Å². The summed E-state index contributed by atoms with van der Waals surface area (Å²) in [5.41, 5.74) is 1.92. The van der Waals surface area contributed by atoms with E-state index >= 15 is 0 Å². The minimum Gasteiger partial charge on any atom is -0.329 e. The highest BCUT2D eigenvalue weighted by molar-refractivity contribution is 5.70. The maximum Gasteiger partial charge on any atom is 0.177 e. The molecule has 0 N–H and O–H groups in total. The summed E-state index contributed by atoms with van der Waals surface area (Å²) in [7, 11) is 0. The van der Waals surface area contributed by atoms with Crippen LogP contribution in [0.1, 0.15) is 12.8 Å². The second-order valence-corrected chi connectivity index (χ2v) is 3.44. The van der Waals surface area contributed by atoms with Crippen molar-refractivity contribution in [3.8, 4) is 0 Å². The molecule has 0 aliphatic heterocycles. The maximum absolute atomic E-state index is 4.23. The second-order valence-electron chi connectivity index (χ2n) is 3.44. The summed E-state index contributed by atoms with van der Waals surface area (Å²) in [6.45, 7) is 5.27. The lowest BCUT2D eigenvalue weighted by molar-refractivity contribution is 0.628. The van der Waals surface area contributed by atoms with Crippen molar-refractivity contribution in [3.05, 3.63) is 24.7 Å². The van der Waals surface area contributed by atoms with E-state index in [2.05, 4.69) is 26.2 Å². The first-order chi connectivity index (χ1) is 7.42. The number of aromatic nitrogens is 3. The van der Waals surface area contributed by atoms with E-state index in [0.29, 0.717) is 0 Å². The number of imidazole rings is 1. The molecule has 0 fully saturated rings. The third kappa shape index (κ3) is 2.21. The molecule has 0 bridgehead atoms. The van der Waals surface area contributed by atoms with Crippen molar-refractivity contribution in [2.75, 3.05) is 6.54 Å². The molecule has 4 heteroatoms. The van der Waals surface area contributed by atoms with E-state index in [0.717, 1.165) is 37.1 Å². The van der Waals surface area contributed by atoms with Crippen molar-refractivity contribution in [1.82, 2.24) is 14.5 Å². The van der Waals surface area contributed by atoms with Crippen LogP contribution in [0.4, 0.5) is 0 Å². The van der Waals surface area contributed by atoms with Crippen LogP contribution in [0.15, 0.2) is 29.6 Å². The van der Waals surface area contributed by atoms with Crippen LogP contribution in [-0.4, -0.2) is 27.8 Å². The Morgan fingerprint density at radius 2 is 2.27 bits per heavy atom. The number of rotatable bonds is 5. The van der Waals surface area contributed by atoms with Crippen molar-refractivity contribution in [2.24, 2.45) is 4.99 Å². The molecule has 0 aliphatic rings. The molecule has 0 spiro atoms. The molecule has 0 saturated carbocycles. The first-order valence-corrected chi connectivity index (χ1v) is 5.10. The second kappa shape index (κ2) is 4.68. The minimum absolute atomic E-state index is 0.819. The van der Waals surface area contributed by atoms with Crippen molar-refractivity contribution in [2.45, 2.75) is 19.4 Å². The highest BCUT2D eigenvalue weighted by Crippen LogP contribution is 2.09. The molecule has 0 unspecified atom stereocenters. The molecule has 2 rings (SSSR count). The van der Waals surface area contributed by atoms with E-state index in [1.54, 1.807) is 6.20 Å². The highest BCUT2D eigenvalue weighted by atomic mass is 15.1. The van der Waals surface area contributed by atoms with Gasteiger partial charge in [-0.1, -0.05) is 0 Å². The first-order valence-electron chi connectivity index (χ1n) is 5.10. The molecule has 2 heterocycles. The average Bonchev–Trinajstić information content (AvgIpc) is 2.68. The Morgan fingerprint density at radius 1 is 1.33 bits per heavy atom. The Morgan fingerprint density at radius 3 is 3.13 bits per heavy atom. The Balaban J connectivity index is 2.05. The minimum atomic E-state index is 0.819. The fourth-order valence-corrected chi connectivity index (χ4v) is 1.58. The Bertz CT molecular complexity index is 447. The summed E-state index contributed by atoms with van der Waals surface area (Å²) < 4.78 is 2.13. The summed E-state index contributed by atoms with van der Waals surface area (Å²) >= 11 is 0. The SMILES string of the molecule is C=NCCCCn1cnc2ncccc21. The van der Waals surface area contributed by atoms with Gasteiger partial charge in [-0.25, -0.2) is 9.97 Å². The number of fused-ring (bicyclic) bond motifs is 1. The third-order valence-electron chi connectivity index (χ3n) is 2.36. The zero-order valence-corrected chi connectivity index (χ0v) is 8.63. The van der Waals surface area contributed by atoms with Gasteiger partial charge in [-0.3, -0.25) is 0 Å². The molecule has 2 aromatic heterocycles. The van der Waals surface area contributed by atoms with E-state index in [4.69, 9.17) is 0 Å². The largest absolute Gasteiger partial charge is 0.329 e. The summed E-state index contributed by atoms with van der Waals surface area (Å²) in [6.07, 6.45) is 5.78. The maximum atomic E-state index is 4.23. The molecule has 0 radical (unpaired) electrons. The van der Waals surface area contributed by atoms with Crippen molar-refractivity contribution in [1.29, 1.82) is 0 Å². The lowest BCUT2D eigenvalue weighted by Gasteiger charge is -2.02. The molecule has 0 aliphatic carbocycles. The molecule has 0 atom stereocenters. The fourth-order valence-electron chi connectivity index (χ4n) is 1.58. The third-order valence-corrected chi connectivity index (χ3v) is 2.36. The van der Waals surface area contributed by atoms with Crippen molar-refractivity contribution >= 4 is 17.9 Å². The topological polar surface area (TPSA) is 43.1 Å². The Labute approximate surface area is 88.7 Å². The number of pyridine rings is 1. The van der Waals surface area contributed by atoms with Crippen LogP contribution in [0.2, 0.25) is 0 Å². The molecular weight excluding hydrogens is 188 g/mol. The molecule has 2 aromatic rings. The van der Waals surface area contributed by atoms with E-state index in [1.807, 2.05) is 18.5 Å². The van der Waals surface area contributed by atoms with Gasteiger partial charge in [-0.2, -0.15) is 0 Å². The monoisotopic (exact) mass is 202 g/mol. The smallest absolute Gasteiger partial charge is 0.177 e. The van der Waals surface area contributed by atoms with Crippen LogP contribution in [0, 0.1) is 0 Å². The van der Waals surface area contributed by atoms with Crippen LogP contribution >= 0.6 is 0 Å². The first kappa shape index (κ1) is 9.83. The number of nitrogens with zero attached hydrogens (tertiary/aromatic N) is 4. The average molecular weight is 202 g/mol. The van der Waals surface area contributed by atoms with E-state index < -0.39 is 0 Å². The predicted molar refractivity (Wildman–Crippen MR) is 61.2 cm³/mol. The molecule has 0 amide bonds. The van der Waals surface area contributed by atoms with Crippen LogP contribution < -0.4 is 0 Å². The molecule has 4 nitrogen and oxygen atoms in total. The summed E-state index contributed by atoms with van der Waals surface area (Å²) in [5.74, 6) is 0. The van der Waals surface area contributed by atoms with Crippen molar-refractivity contribution in [3.63, 3.8) is 0 Å². The number of unbranched alkanes of at least 4 members (excludes halogenated alkanes) is 1. The summed E-state index contributed by atoms with van der Waals surface area (Å²) in [4.78, 5) is 12.2. The molecular formula is C11H14N4. The summed E-state index contributed by atoms with van der Waals surface area (Å²) in [6, 6.07) is 3.98. The van der Waals surface area contributed by atoms with Gasteiger partial charge in [0.1, 0.15) is 0 Å². The van der Waals surface area contributed by atoms with Gasteiger partial charge in [0.2, 0.25) is 0 Å². The zero-order chi connectivity index (χ0) is 10.5. The number of hydrogen-bond donors (Lipinski definition) is 0. The summed E-state index contributed by atoms with van der Waals surface area (Å²) in [5, 5.41) is 0. The lowest BCUT2D eigenvalue weighted by atomic mass is 10.3. The highest BCUT2D eigenvalue weighted by Gasteiger charge is 2.01. The molecule has 78 valence electrons. The standard InChI is InChI=1S/C11H14N4/c1-12-6-2-3-8-15-9-14-11-10(15)5-4-7-13-11/h4-5,7,9H,1-3,6,8H2. The quantitative estimate of drug-likeness (QED) is 0.549. The van der Waals surface area contributed by atoms with Gasteiger partial charge in [-0.05, 0) is 31.7 Å². The van der Waals surface area contributed by atoms with Crippen LogP contribution in [0.3, 0.4) is 0 Å². The van der Waals surface area contributed by atoms with Gasteiger partial charge >= 0.3 is 0 Å². The normalized spacial score (nSPS) is 10.7. The van der Waals surface area contributed by atoms with Crippen LogP contribution in [-0.2, 0) is 6.54 Å². The Hall–Kier alpha value is -1.71.